The van der Waals surface area contributed by atoms with E-state index in [0.717, 1.165) is 11.8 Å². The van der Waals surface area contributed by atoms with Gasteiger partial charge in [0.1, 0.15) is 90.6 Å². The lowest BCUT2D eigenvalue weighted by molar-refractivity contribution is -0.144. The summed E-state index contributed by atoms with van der Waals surface area (Å²) in [5.74, 6) is -21.4. The molecule has 51 heteroatoms. The number of hydrogen-bond acceptors (Lipinski definition) is 29. The van der Waals surface area contributed by atoms with Gasteiger partial charge in [-0.25, -0.2) is 9.78 Å². The van der Waals surface area contributed by atoms with Gasteiger partial charge in [-0.05, 0) is 146 Å². The van der Waals surface area contributed by atoms with Gasteiger partial charge in [-0.2, -0.15) is 25.3 Å². The molecule has 16 amide bonds. The maximum atomic E-state index is 15.1. The number of unbranched alkanes of at least 4 members (excludes halogenated alkanes) is 3. The summed E-state index contributed by atoms with van der Waals surface area (Å²) in [5, 5.41) is 95.7. The highest BCUT2D eigenvalue weighted by atomic mass is 32.1. The van der Waals surface area contributed by atoms with Crippen molar-refractivity contribution in [2.24, 2.45) is 34.6 Å². The lowest BCUT2D eigenvalue weighted by atomic mass is 9.97. The van der Waals surface area contributed by atoms with Crippen LogP contribution in [0.5, 0.6) is 0 Å². The third kappa shape index (κ3) is 40.0. The van der Waals surface area contributed by atoms with Crippen molar-refractivity contribution >= 4 is 144 Å². The Bertz CT molecular complexity index is 4590. The second kappa shape index (κ2) is 61.6. The van der Waals surface area contributed by atoms with E-state index in [1.54, 1.807) is 74.5 Å². The first-order valence-electron chi connectivity index (χ1n) is 46.2. The number of H-pyrrole nitrogens is 1. The van der Waals surface area contributed by atoms with Crippen molar-refractivity contribution in [3.05, 3.63) is 90.0 Å². The Kier molecular flexibility index (Phi) is 51.8. The van der Waals surface area contributed by atoms with Crippen molar-refractivity contribution in [1.29, 1.82) is 5.41 Å². The van der Waals surface area contributed by atoms with E-state index in [-0.39, 0.29) is 153 Å². The number of guanidine groups is 1. The average molecular weight is 1990 g/mol. The average Bonchev–Trinajstić information content (AvgIpc) is 1.69. The second-order valence-corrected chi connectivity index (χ2v) is 34.7. The van der Waals surface area contributed by atoms with Crippen molar-refractivity contribution in [2.45, 2.75) is 265 Å². The van der Waals surface area contributed by atoms with Crippen molar-refractivity contribution in [3.8, 4) is 0 Å². The SMILES string of the molecule is CC[C@H](C)[C@H](NC(=O)[C@H](CS)NC(=O)[C@@H]1CCCN1C(=O)[C@H](Cc1ccccc1)NC(=O)[C@H](Cc1c[nH]cn1)NC(=O)[C@@H](NC(=O)[C@@H](N)CC(=O)O)[C@@H](C)O)C(=O)N[C@@H](CCCCN)C(=O)N[C@@H](Cc1ccccc1)C(=O)N[C@@H](CCC(=O)O)C(=O)N1CCC[C@H]1C(=O)N[C@@H](CCCNC(=N)N)C(=O)N[C@@H](CO)C(=O)N[C@@H](CCCCN)C(=O)NCC(=O)N[C@@H](CS)C(=O)N[C@@H](CCCCN)C(=O)O. The van der Waals surface area contributed by atoms with Crippen molar-refractivity contribution in [1.82, 2.24) is 99.5 Å². The Labute approximate surface area is 814 Å². The first-order valence-corrected chi connectivity index (χ1v) is 47.5. The zero-order chi connectivity index (χ0) is 103. The molecule has 2 aromatic carbocycles. The van der Waals surface area contributed by atoms with E-state index in [2.05, 4.69) is 115 Å². The number of aliphatic hydroxyl groups is 2. The second-order valence-electron chi connectivity index (χ2n) is 33.9. The lowest BCUT2D eigenvalue weighted by Gasteiger charge is -2.32. The van der Waals surface area contributed by atoms with Gasteiger partial charge in [-0.1, -0.05) is 80.9 Å². The third-order valence-corrected chi connectivity index (χ3v) is 23.9. The highest BCUT2D eigenvalue weighted by molar-refractivity contribution is 7.80. The molecule has 0 unspecified atom stereocenters. The van der Waals surface area contributed by atoms with Gasteiger partial charge in [0.25, 0.3) is 0 Å². The maximum absolute atomic E-state index is 15.1. The third-order valence-electron chi connectivity index (χ3n) is 23.2. The molecule has 0 aliphatic carbocycles. The molecule has 0 bridgehead atoms. The molecule has 2 aliphatic rings. The molecule has 18 atom stereocenters. The molecule has 2 saturated heterocycles. The van der Waals surface area contributed by atoms with E-state index < -0.39 is 259 Å². The molecule has 1 aromatic heterocycles. The predicted octanol–water partition coefficient (Wildman–Crippen LogP) is -7.48. The number of benzene rings is 2. The number of amides is 16. The number of aliphatic carboxylic acids is 3. The first kappa shape index (κ1) is 117. The summed E-state index contributed by atoms with van der Waals surface area (Å²) in [6.45, 7) is 3.01. The molecule has 32 N–H and O–H groups in total. The van der Waals surface area contributed by atoms with Crippen LogP contribution in [0.25, 0.3) is 0 Å². The number of nitrogens with zero attached hydrogens (tertiary/aromatic N) is 3. The smallest absolute Gasteiger partial charge is 0.326 e. The number of rotatable bonds is 64. The molecule has 770 valence electrons. The van der Waals surface area contributed by atoms with Crippen LogP contribution in [0.3, 0.4) is 0 Å². The first-order chi connectivity index (χ1) is 66.2. The van der Waals surface area contributed by atoms with Gasteiger partial charge in [0.2, 0.25) is 94.5 Å². The summed E-state index contributed by atoms with van der Waals surface area (Å²) in [6, 6.07) is -7.80. The molecule has 3 heterocycles. The maximum Gasteiger partial charge on any atom is 0.326 e. The van der Waals surface area contributed by atoms with E-state index in [0.29, 0.717) is 36.8 Å². The van der Waals surface area contributed by atoms with Gasteiger partial charge in [0.15, 0.2) is 5.96 Å². The number of aromatic nitrogens is 2. The Morgan fingerprint density at radius 3 is 1.39 bits per heavy atom. The van der Waals surface area contributed by atoms with Gasteiger partial charge in [0.05, 0.1) is 43.7 Å². The Morgan fingerprint density at radius 2 is 0.892 bits per heavy atom. The van der Waals surface area contributed by atoms with E-state index in [4.69, 9.17) is 34.1 Å². The number of carbonyl (C=O) groups is 19. The fourth-order valence-electron chi connectivity index (χ4n) is 15.2. The fourth-order valence-corrected chi connectivity index (χ4v) is 15.8. The van der Waals surface area contributed by atoms with Crippen LogP contribution in [0.4, 0.5) is 0 Å². The summed E-state index contributed by atoms with van der Waals surface area (Å²) in [6.07, 6.45) is 0.420. The predicted molar refractivity (Wildman–Crippen MR) is 509 cm³/mol. The zero-order valence-electron chi connectivity index (χ0n) is 78.1. The molecule has 2 aliphatic heterocycles. The Hall–Kier alpha value is -12.7. The van der Waals surface area contributed by atoms with Crippen LogP contribution in [0.2, 0.25) is 0 Å². The van der Waals surface area contributed by atoms with E-state index >= 15 is 19.2 Å². The number of nitrogens with one attached hydrogen (secondary N) is 17. The normalized spacial score (nSPS) is 16.8. The van der Waals surface area contributed by atoms with Gasteiger partial charge >= 0.3 is 17.9 Å². The van der Waals surface area contributed by atoms with Crippen LogP contribution in [0.15, 0.2) is 73.2 Å². The molecule has 49 nitrogen and oxygen atoms in total. The molecule has 3 aromatic rings. The molecule has 2 fully saturated rings. The minimum atomic E-state index is -1.83. The topological polar surface area (TPSA) is 795 Å². The monoisotopic (exact) mass is 1990 g/mol. The Morgan fingerprint density at radius 1 is 0.475 bits per heavy atom. The number of aromatic amines is 1. The van der Waals surface area contributed by atoms with Crippen LogP contribution in [-0.2, 0) is 110 Å². The molecule has 0 spiro atoms. The van der Waals surface area contributed by atoms with E-state index in [1.165, 1.54) is 17.4 Å². The summed E-state index contributed by atoms with van der Waals surface area (Å²) in [4.78, 5) is 274. The van der Waals surface area contributed by atoms with Crippen molar-refractivity contribution in [3.63, 3.8) is 0 Å². The number of nitrogens with two attached hydrogens (primary N) is 5. The molecule has 139 heavy (non-hydrogen) atoms. The number of hydrogen-bond donors (Lipinski definition) is 29. The molecule has 5 rings (SSSR count). The number of likely N-dealkylation sites (tertiary alicyclic amines) is 2. The van der Waals surface area contributed by atoms with E-state index in [9.17, 15) is 97.5 Å². The number of carboxylic acid groups (broad SMARTS) is 3. The number of thiol groups is 2. The largest absolute Gasteiger partial charge is 0.481 e. The van der Waals surface area contributed by atoms with Crippen LogP contribution in [0, 0.1) is 11.3 Å². The van der Waals surface area contributed by atoms with Crippen LogP contribution in [-0.4, -0.2) is 330 Å². The summed E-state index contributed by atoms with van der Waals surface area (Å²) in [5.41, 5.74) is 29.7. The summed E-state index contributed by atoms with van der Waals surface area (Å²) >= 11 is 8.53. The van der Waals surface area contributed by atoms with Crippen LogP contribution < -0.4 is 108 Å². The summed E-state index contributed by atoms with van der Waals surface area (Å²) in [7, 11) is 0. The van der Waals surface area contributed by atoms with Gasteiger partial charge in [0, 0.05) is 63.0 Å². The molecular weight excluding hydrogens is 1860 g/mol. The number of imidazole rings is 1. The van der Waals surface area contributed by atoms with Crippen LogP contribution >= 0.6 is 25.3 Å². The van der Waals surface area contributed by atoms with Gasteiger partial charge in [-0.3, -0.25) is 91.7 Å². The Balaban J connectivity index is 1.35. The highest BCUT2D eigenvalue weighted by Gasteiger charge is 2.45. The fraction of sp³-hybridized carbons (Fsp3) is 0.602. The lowest BCUT2D eigenvalue weighted by Crippen LogP contribution is -2.62. The molecule has 0 radical (unpaired) electrons. The van der Waals surface area contributed by atoms with Gasteiger partial charge in [-0.15, -0.1) is 0 Å². The minimum Gasteiger partial charge on any atom is -0.481 e. The quantitative estimate of drug-likeness (QED) is 0.0108. The number of aliphatic hydroxyl groups excluding tert-OH is 2. The molecular formula is C88H137N25O24S2. The number of carboxylic acids is 3. The summed E-state index contributed by atoms with van der Waals surface area (Å²) < 4.78 is 0. The minimum absolute atomic E-state index is 0.00669. The van der Waals surface area contributed by atoms with Gasteiger partial charge < -0.3 is 149 Å². The van der Waals surface area contributed by atoms with Crippen LogP contribution in [0.1, 0.15) is 160 Å². The molecule has 0 saturated carbocycles. The zero-order valence-corrected chi connectivity index (χ0v) is 79.9. The number of carbonyl (C=O) groups excluding carboxylic acids is 16. The highest BCUT2D eigenvalue weighted by Crippen LogP contribution is 2.24. The van der Waals surface area contributed by atoms with Crippen molar-refractivity contribution < 1.29 is 117 Å². The van der Waals surface area contributed by atoms with Crippen molar-refractivity contribution in [2.75, 3.05) is 63.9 Å². The standard InChI is InChI=1S/C88H137N25O24S2/c1-4-48(2)70(110-80(129)64(46-139)109-82(131)66-29-19-37-113(66)86(135)61(39-51-22-9-6-10-23-51)107-77(126)60(40-52-42-95-47-98-52)106-84(133)71(49(3)115)111-72(121)53(92)41-69(119)120)83(132)102-55(25-12-15-33-90)74(123)105-59(38-50-20-7-5-8-21-50)76(125)103-57(30-31-68(117)118)85(134)112-36-18-28-65(112)81(130)101-56(27-17-35-96-88(93)94)75(124)108-62(44-114)78(127)100-54(24-11-14-32-89)73(122)97-43-67(116)99-63(45-138)79(128)104-58(87(136)137)26-13-16-34-91/h5-10,20-23,42,47-49,53-66,70-71,114-115,138-139H,4,11-19,24-41,43-46,89-92H2,1-3H3,(H,95,98)(H,97,122)(H,99,116)(H,100,127)(H,101,130)(H,102,132)(H,103,125)(H,104,128)(H,105,123)(H,106,133)(H,107,126)(H,108,124)(H,109,131)(H,110,129)(H,111,121)(H,117,118)(H,119,120)(H,136,137)(H4,93,94,96)/t48-,49+,53-,54-,55-,56-,57-,58-,59-,60-,61-,62-,63-,64-,65-,66-,70-,71-/m0/s1. The van der Waals surface area contributed by atoms with E-state index in [1.807, 2.05) is 0 Å².